The molecule has 0 aromatic heterocycles. The minimum Gasteiger partial charge on any atom is -0.497 e. The number of hydrogen-bond donors (Lipinski definition) is 0. The van der Waals surface area contributed by atoms with Gasteiger partial charge in [0.05, 0.1) is 7.11 Å². The summed E-state index contributed by atoms with van der Waals surface area (Å²) in [6, 6.07) is 4.98. The summed E-state index contributed by atoms with van der Waals surface area (Å²) in [6.45, 7) is 2.41. The normalized spacial score (nSPS) is 21.3. The van der Waals surface area contributed by atoms with Crippen LogP contribution in [0.4, 0.5) is 4.39 Å². The maximum absolute atomic E-state index is 13.6. The first-order valence-corrected chi connectivity index (χ1v) is 5.81. The zero-order chi connectivity index (χ0) is 11.5. The van der Waals surface area contributed by atoms with Crippen molar-refractivity contribution >= 4 is 11.6 Å². The van der Waals surface area contributed by atoms with E-state index in [2.05, 4.69) is 4.90 Å². The molecule has 0 saturated carbocycles. The lowest BCUT2D eigenvalue weighted by atomic mass is 10.2. The Bertz CT molecular complexity index is 372. The Morgan fingerprint density at radius 3 is 2.94 bits per heavy atom. The van der Waals surface area contributed by atoms with Crippen LogP contribution < -0.4 is 4.74 Å². The van der Waals surface area contributed by atoms with E-state index >= 15 is 0 Å². The fraction of sp³-hybridized carbons (Fsp3) is 0.500. The van der Waals surface area contributed by atoms with Gasteiger partial charge in [0, 0.05) is 30.1 Å². The van der Waals surface area contributed by atoms with Crippen molar-refractivity contribution in [2.75, 3.05) is 20.2 Å². The van der Waals surface area contributed by atoms with Gasteiger partial charge < -0.3 is 4.74 Å². The minimum absolute atomic E-state index is 0.210. The van der Waals surface area contributed by atoms with E-state index in [0.29, 0.717) is 17.9 Å². The lowest BCUT2D eigenvalue weighted by molar-refractivity contribution is 0.325. The Balaban J connectivity index is 2.04. The van der Waals surface area contributed by atoms with Crippen LogP contribution in [0.25, 0.3) is 0 Å². The number of methoxy groups -OCH3 is 1. The van der Waals surface area contributed by atoms with E-state index in [1.165, 1.54) is 13.2 Å². The molecule has 1 aliphatic rings. The molecule has 1 atom stereocenters. The van der Waals surface area contributed by atoms with Crippen LogP contribution in [-0.2, 0) is 6.54 Å². The standard InChI is InChI=1S/C12H15ClFNO/c1-16-11-3-2-9(12(14)6-11)7-15-5-4-10(13)8-15/h2-3,6,10H,4-5,7-8H2,1H3. The molecule has 1 aromatic rings. The lowest BCUT2D eigenvalue weighted by Crippen LogP contribution is -2.20. The number of rotatable bonds is 3. The number of ether oxygens (including phenoxy) is 1. The van der Waals surface area contributed by atoms with Crippen molar-refractivity contribution in [2.24, 2.45) is 0 Å². The lowest BCUT2D eigenvalue weighted by Gasteiger charge is -2.15. The Morgan fingerprint density at radius 1 is 1.56 bits per heavy atom. The summed E-state index contributed by atoms with van der Waals surface area (Å²) in [7, 11) is 1.53. The van der Waals surface area contributed by atoms with Crippen molar-refractivity contribution in [1.82, 2.24) is 4.90 Å². The van der Waals surface area contributed by atoms with Gasteiger partial charge in [-0.1, -0.05) is 6.07 Å². The maximum atomic E-state index is 13.6. The second-order valence-electron chi connectivity index (χ2n) is 4.08. The van der Waals surface area contributed by atoms with E-state index < -0.39 is 0 Å². The topological polar surface area (TPSA) is 12.5 Å². The molecular formula is C12H15ClFNO. The molecule has 0 spiro atoms. The highest BCUT2D eigenvalue weighted by Gasteiger charge is 2.21. The quantitative estimate of drug-likeness (QED) is 0.757. The molecule has 0 bridgehead atoms. The SMILES string of the molecule is COc1ccc(CN2CCC(Cl)C2)c(F)c1. The monoisotopic (exact) mass is 243 g/mol. The highest BCUT2D eigenvalue weighted by Crippen LogP contribution is 2.21. The third-order valence-electron chi connectivity index (χ3n) is 2.87. The molecule has 1 aliphatic heterocycles. The summed E-state index contributed by atoms with van der Waals surface area (Å²) in [5, 5.41) is 0.210. The molecule has 0 amide bonds. The highest BCUT2D eigenvalue weighted by molar-refractivity contribution is 6.20. The number of halogens is 2. The average molecular weight is 244 g/mol. The molecule has 0 aliphatic carbocycles. The van der Waals surface area contributed by atoms with E-state index in [-0.39, 0.29) is 11.2 Å². The minimum atomic E-state index is -0.211. The predicted molar refractivity (Wildman–Crippen MR) is 62.5 cm³/mol. The molecule has 1 fully saturated rings. The van der Waals surface area contributed by atoms with Crippen molar-refractivity contribution in [2.45, 2.75) is 18.3 Å². The molecule has 0 N–H and O–H groups in total. The smallest absolute Gasteiger partial charge is 0.131 e. The van der Waals surface area contributed by atoms with Crippen molar-refractivity contribution in [3.63, 3.8) is 0 Å². The van der Waals surface area contributed by atoms with Gasteiger partial charge in [-0.3, -0.25) is 4.90 Å². The van der Waals surface area contributed by atoms with Gasteiger partial charge in [-0.25, -0.2) is 4.39 Å². The first-order chi connectivity index (χ1) is 7.69. The van der Waals surface area contributed by atoms with E-state index in [4.69, 9.17) is 16.3 Å². The third-order valence-corrected chi connectivity index (χ3v) is 3.23. The van der Waals surface area contributed by atoms with Gasteiger partial charge in [-0.15, -0.1) is 11.6 Å². The van der Waals surface area contributed by atoms with Crippen LogP contribution in [0, 0.1) is 5.82 Å². The zero-order valence-electron chi connectivity index (χ0n) is 9.25. The van der Waals surface area contributed by atoms with E-state index in [9.17, 15) is 4.39 Å². The summed E-state index contributed by atoms with van der Waals surface area (Å²) in [6.07, 6.45) is 0.985. The van der Waals surface area contributed by atoms with Crippen LogP contribution in [0.1, 0.15) is 12.0 Å². The van der Waals surface area contributed by atoms with Crippen molar-refractivity contribution in [3.05, 3.63) is 29.6 Å². The third kappa shape index (κ3) is 2.66. The number of benzene rings is 1. The highest BCUT2D eigenvalue weighted by atomic mass is 35.5. The van der Waals surface area contributed by atoms with Gasteiger partial charge in [-0.05, 0) is 19.0 Å². The largest absolute Gasteiger partial charge is 0.497 e. The molecule has 1 unspecified atom stereocenters. The van der Waals surface area contributed by atoms with E-state index in [0.717, 1.165) is 19.5 Å². The maximum Gasteiger partial charge on any atom is 0.131 e. The molecule has 1 heterocycles. The Kier molecular flexibility index (Phi) is 3.66. The fourth-order valence-electron chi connectivity index (χ4n) is 1.95. The van der Waals surface area contributed by atoms with Crippen molar-refractivity contribution in [3.8, 4) is 5.75 Å². The van der Waals surface area contributed by atoms with E-state index in [1.54, 1.807) is 12.1 Å². The molecule has 2 nitrogen and oxygen atoms in total. The second-order valence-corrected chi connectivity index (χ2v) is 4.70. The van der Waals surface area contributed by atoms with Crippen LogP contribution in [-0.4, -0.2) is 30.5 Å². The number of hydrogen-bond acceptors (Lipinski definition) is 2. The summed E-state index contributed by atoms with van der Waals surface area (Å²) in [5.74, 6) is 0.343. The predicted octanol–water partition coefficient (Wildman–Crippen LogP) is 2.65. The summed E-state index contributed by atoms with van der Waals surface area (Å²) >= 11 is 6.01. The number of likely N-dealkylation sites (tertiary alicyclic amines) is 1. The summed E-state index contributed by atoms with van der Waals surface area (Å²) in [5.41, 5.74) is 0.701. The average Bonchev–Trinajstić information content (AvgIpc) is 2.67. The summed E-state index contributed by atoms with van der Waals surface area (Å²) < 4.78 is 18.6. The fourth-order valence-corrected chi connectivity index (χ4v) is 2.25. The molecule has 1 aromatic carbocycles. The van der Waals surface area contributed by atoms with Gasteiger partial charge in [-0.2, -0.15) is 0 Å². The van der Waals surface area contributed by atoms with Crippen LogP contribution in [0.5, 0.6) is 5.75 Å². The Morgan fingerprint density at radius 2 is 2.38 bits per heavy atom. The van der Waals surface area contributed by atoms with Crippen molar-refractivity contribution in [1.29, 1.82) is 0 Å². The van der Waals surface area contributed by atoms with Gasteiger partial charge in [0.15, 0.2) is 0 Å². The zero-order valence-corrected chi connectivity index (χ0v) is 10.0. The number of nitrogens with zero attached hydrogens (tertiary/aromatic N) is 1. The van der Waals surface area contributed by atoms with Crippen molar-refractivity contribution < 1.29 is 9.13 Å². The second kappa shape index (κ2) is 5.02. The molecule has 4 heteroatoms. The van der Waals surface area contributed by atoms with Crippen LogP contribution in [0.15, 0.2) is 18.2 Å². The van der Waals surface area contributed by atoms with Gasteiger partial charge in [0.1, 0.15) is 11.6 Å². The number of alkyl halides is 1. The van der Waals surface area contributed by atoms with Crippen LogP contribution in [0.3, 0.4) is 0 Å². The molecule has 0 radical (unpaired) electrons. The Hall–Kier alpha value is -0.800. The molecule has 16 heavy (non-hydrogen) atoms. The van der Waals surface area contributed by atoms with Gasteiger partial charge >= 0.3 is 0 Å². The first-order valence-electron chi connectivity index (χ1n) is 5.38. The van der Waals surface area contributed by atoms with Gasteiger partial charge in [0.2, 0.25) is 0 Å². The molecule has 88 valence electrons. The van der Waals surface area contributed by atoms with Crippen LogP contribution >= 0.6 is 11.6 Å². The van der Waals surface area contributed by atoms with E-state index in [1.807, 2.05) is 0 Å². The molecule has 1 saturated heterocycles. The first kappa shape index (κ1) is 11.7. The molecular weight excluding hydrogens is 229 g/mol. The Labute approximate surface area is 100.0 Å². The summed E-state index contributed by atoms with van der Waals surface area (Å²) in [4.78, 5) is 2.17. The molecule has 2 rings (SSSR count). The van der Waals surface area contributed by atoms with Gasteiger partial charge in [0.25, 0.3) is 0 Å². The van der Waals surface area contributed by atoms with Crippen LogP contribution in [0.2, 0.25) is 0 Å².